The van der Waals surface area contributed by atoms with Crippen molar-refractivity contribution in [2.45, 2.75) is 45.4 Å². The van der Waals surface area contributed by atoms with E-state index in [0.717, 1.165) is 6.07 Å². The molecule has 2 aromatic heterocycles. The molecule has 1 amide bonds. The van der Waals surface area contributed by atoms with Crippen LogP contribution in [0.2, 0.25) is 5.02 Å². The zero-order valence-electron chi connectivity index (χ0n) is 19.2. The lowest BCUT2D eigenvalue weighted by Gasteiger charge is -2.23. The number of aromatic nitrogens is 3. The molecule has 1 aromatic carbocycles. The number of rotatable bonds is 8. The minimum absolute atomic E-state index is 0.0833. The quantitative estimate of drug-likeness (QED) is 0.473. The Balaban J connectivity index is 1.73. The van der Waals surface area contributed by atoms with E-state index in [1.54, 1.807) is 32.9 Å². The molecule has 1 unspecified atom stereocenters. The summed E-state index contributed by atoms with van der Waals surface area (Å²) in [5.41, 5.74) is -0.727. The highest BCUT2D eigenvalue weighted by molar-refractivity contribution is 6.30. The molecule has 0 saturated heterocycles. The first-order valence-electron chi connectivity index (χ1n) is 10.5. The monoisotopic (exact) mass is 506 g/mol. The van der Waals surface area contributed by atoms with Gasteiger partial charge in [-0.25, -0.2) is 19.0 Å². The molecule has 3 rings (SSSR count). The van der Waals surface area contributed by atoms with E-state index >= 15 is 0 Å². The summed E-state index contributed by atoms with van der Waals surface area (Å²) in [7, 11) is 0. The molecule has 2 N–H and O–H groups in total. The second-order valence-electron chi connectivity index (χ2n) is 8.58. The fourth-order valence-electron chi connectivity index (χ4n) is 3.10. The SMILES string of the molecule is CC(C)(C)OC(=O)NC(CC(=O)O)Cn1ccn(-c2ccc(Oc3ncc(Cl)cc3F)cc2)c1=O. The first-order chi connectivity index (χ1) is 16.4. The molecule has 0 aliphatic carbocycles. The number of hydrogen-bond acceptors (Lipinski definition) is 6. The zero-order valence-corrected chi connectivity index (χ0v) is 20.0. The standard InChI is InChI=1S/C23H24ClFN4O6/c1-23(2,3)35-21(32)27-15(11-19(30)31)13-28-8-9-29(22(28)33)16-4-6-17(7-5-16)34-20-18(25)10-14(24)12-26-20/h4-10,12,15H,11,13H2,1-3H3,(H,27,32)(H,30,31). The fraction of sp³-hybridized carbons (Fsp3) is 0.304. The van der Waals surface area contributed by atoms with Crippen LogP contribution in [0.25, 0.3) is 5.69 Å². The number of imidazole rings is 1. The molecule has 0 aliphatic heterocycles. The number of carbonyl (C=O) groups is 2. The molecular formula is C23H24ClFN4O6. The summed E-state index contributed by atoms with van der Waals surface area (Å²) >= 11 is 5.68. The molecule has 0 fully saturated rings. The molecule has 0 aliphatic rings. The van der Waals surface area contributed by atoms with Gasteiger partial charge in [0.1, 0.15) is 11.4 Å². The van der Waals surface area contributed by atoms with E-state index in [1.165, 1.54) is 39.9 Å². The molecular weight excluding hydrogens is 483 g/mol. The van der Waals surface area contributed by atoms with Gasteiger partial charge in [0.25, 0.3) is 5.88 Å². The average molecular weight is 507 g/mol. The van der Waals surface area contributed by atoms with Crippen molar-refractivity contribution in [2.75, 3.05) is 0 Å². The van der Waals surface area contributed by atoms with Crippen LogP contribution >= 0.6 is 11.6 Å². The Morgan fingerprint density at radius 2 is 1.91 bits per heavy atom. The molecule has 0 spiro atoms. The van der Waals surface area contributed by atoms with Crippen LogP contribution in [-0.2, 0) is 16.1 Å². The normalized spacial score (nSPS) is 12.1. The third-order valence-corrected chi connectivity index (χ3v) is 4.72. The second kappa shape index (κ2) is 10.6. The van der Waals surface area contributed by atoms with Gasteiger partial charge in [-0.15, -0.1) is 0 Å². The van der Waals surface area contributed by atoms with E-state index in [9.17, 15) is 23.9 Å². The Bertz CT molecular complexity index is 1270. The highest BCUT2D eigenvalue weighted by Crippen LogP contribution is 2.24. The fourth-order valence-corrected chi connectivity index (χ4v) is 3.24. The first kappa shape index (κ1) is 25.8. The van der Waals surface area contributed by atoms with Gasteiger partial charge in [0, 0.05) is 25.1 Å². The number of carbonyl (C=O) groups excluding carboxylic acids is 1. The Labute approximate surface area is 204 Å². The number of alkyl carbamates (subject to hydrolysis) is 1. The van der Waals surface area contributed by atoms with Gasteiger partial charge in [0.15, 0.2) is 5.82 Å². The highest BCUT2D eigenvalue weighted by atomic mass is 35.5. The maximum absolute atomic E-state index is 13.9. The number of nitrogens with zero attached hydrogens (tertiary/aromatic N) is 3. The lowest BCUT2D eigenvalue weighted by Crippen LogP contribution is -2.43. The number of amides is 1. The average Bonchev–Trinajstić information content (AvgIpc) is 3.09. The minimum atomic E-state index is -1.14. The number of ether oxygens (including phenoxy) is 2. The van der Waals surface area contributed by atoms with Crippen LogP contribution in [0.1, 0.15) is 27.2 Å². The van der Waals surface area contributed by atoms with Gasteiger partial charge in [-0.3, -0.25) is 13.9 Å². The molecule has 0 radical (unpaired) electrons. The number of pyridine rings is 1. The third kappa shape index (κ3) is 7.31. The summed E-state index contributed by atoms with van der Waals surface area (Å²) in [6.07, 6.45) is 3.05. The van der Waals surface area contributed by atoms with E-state index in [4.69, 9.17) is 21.1 Å². The van der Waals surface area contributed by atoms with Gasteiger partial charge >= 0.3 is 17.8 Å². The van der Waals surface area contributed by atoms with Crippen molar-refractivity contribution in [3.8, 4) is 17.3 Å². The van der Waals surface area contributed by atoms with Gasteiger partial charge in [0.2, 0.25) is 0 Å². The van der Waals surface area contributed by atoms with Crippen molar-refractivity contribution in [3.63, 3.8) is 0 Å². The Kier molecular flexibility index (Phi) is 7.80. The summed E-state index contributed by atoms with van der Waals surface area (Å²) in [6.45, 7) is 4.96. The maximum Gasteiger partial charge on any atom is 0.407 e. The molecule has 35 heavy (non-hydrogen) atoms. The van der Waals surface area contributed by atoms with Crippen LogP contribution < -0.4 is 15.7 Å². The van der Waals surface area contributed by atoms with E-state index < -0.39 is 41.6 Å². The minimum Gasteiger partial charge on any atom is -0.481 e. The van der Waals surface area contributed by atoms with Crippen LogP contribution in [0.15, 0.2) is 53.7 Å². The Hall–Kier alpha value is -3.86. The van der Waals surface area contributed by atoms with Gasteiger partial charge in [-0.1, -0.05) is 11.6 Å². The van der Waals surface area contributed by atoms with Gasteiger partial charge in [-0.05, 0) is 51.1 Å². The van der Waals surface area contributed by atoms with Gasteiger partial charge < -0.3 is 19.9 Å². The Morgan fingerprint density at radius 3 is 2.51 bits per heavy atom. The zero-order chi connectivity index (χ0) is 25.8. The van der Waals surface area contributed by atoms with Crippen LogP contribution in [0.4, 0.5) is 9.18 Å². The van der Waals surface area contributed by atoms with E-state index in [2.05, 4.69) is 10.3 Å². The molecule has 2 heterocycles. The summed E-state index contributed by atoms with van der Waals surface area (Å²) in [5.74, 6) is -1.81. The maximum atomic E-state index is 13.9. The summed E-state index contributed by atoms with van der Waals surface area (Å²) in [4.78, 5) is 40.0. The van der Waals surface area contributed by atoms with Crippen LogP contribution in [0.3, 0.4) is 0 Å². The second-order valence-corrected chi connectivity index (χ2v) is 9.02. The highest BCUT2D eigenvalue weighted by Gasteiger charge is 2.22. The topological polar surface area (TPSA) is 125 Å². The molecule has 186 valence electrons. The first-order valence-corrected chi connectivity index (χ1v) is 10.9. The number of carboxylic acids is 1. The van der Waals surface area contributed by atoms with Gasteiger partial charge in [0.05, 0.1) is 23.2 Å². The van der Waals surface area contributed by atoms with Crippen LogP contribution in [0, 0.1) is 5.82 Å². The van der Waals surface area contributed by atoms with Crippen molar-refractivity contribution >= 4 is 23.7 Å². The van der Waals surface area contributed by atoms with Gasteiger partial charge in [-0.2, -0.15) is 0 Å². The number of carboxylic acid groups (broad SMARTS) is 1. The van der Waals surface area contributed by atoms with Crippen molar-refractivity contribution in [2.24, 2.45) is 0 Å². The van der Waals surface area contributed by atoms with Crippen molar-refractivity contribution in [3.05, 3.63) is 70.2 Å². The largest absolute Gasteiger partial charge is 0.481 e. The third-order valence-electron chi connectivity index (χ3n) is 4.51. The lowest BCUT2D eigenvalue weighted by molar-refractivity contribution is -0.137. The summed E-state index contributed by atoms with van der Waals surface area (Å²) in [5, 5.41) is 11.8. The predicted octanol–water partition coefficient (Wildman–Crippen LogP) is 3.99. The lowest BCUT2D eigenvalue weighted by atomic mass is 10.2. The molecule has 10 nitrogen and oxygen atoms in total. The van der Waals surface area contributed by atoms with E-state index in [1.807, 2.05) is 0 Å². The van der Waals surface area contributed by atoms with Crippen LogP contribution in [-0.4, -0.2) is 42.9 Å². The summed E-state index contributed by atoms with van der Waals surface area (Å²) in [6, 6.07) is 6.44. The summed E-state index contributed by atoms with van der Waals surface area (Å²) < 4.78 is 27.1. The van der Waals surface area contributed by atoms with Crippen molar-refractivity contribution < 1.29 is 28.6 Å². The van der Waals surface area contributed by atoms with Crippen LogP contribution in [0.5, 0.6) is 11.6 Å². The molecule has 1 atom stereocenters. The number of halogens is 2. The molecule has 0 bridgehead atoms. The number of benzene rings is 1. The molecule has 0 saturated carbocycles. The van der Waals surface area contributed by atoms with E-state index in [0.29, 0.717) is 5.69 Å². The molecule has 12 heteroatoms. The predicted molar refractivity (Wildman–Crippen MR) is 125 cm³/mol. The van der Waals surface area contributed by atoms with E-state index in [-0.39, 0.29) is 23.2 Å². The number of aliphatic carboxylic acids is 1. The smallest absolute Gasteiger partial charge is 0.407 e. The number of hydrogen-bond donors (Lipinski definition) is 2. The van der Waals surface area contributed by atoms with Crippen molar-refractivity contribution in [1.82, 2.24) is 19.4 Å². The number of nitrogens with one attached hydrogen (secondary N) is 1. The van der Waals surface area contributed by atoms with Crippen molar-refractivity contribution in [1.29, 1.82) is 0 Å². The Morgan fingerprint density at radius 1 is 1.23 bits per heavy atom. The molecule has 3 aromatic rings.